The van der Waals surface area contributed by atoms with Gasteiger partial charge in [-0.2, -0.15) is 0 Å². The molecule has 7 nitrogen and oxygen atoms in total. The number of benzene rings is 1. The van der Waals surface area contributed by atoms with Crippen LogP contribution in [0.4, 0.5) is 16.2 Å². The van der Waals surface area contributed by atoms with Crippen molar-refractivity contribution in [1.82, 2.24) is 15.1 Å². The van der Waals surface area contributed by atoms with Crippen LogP contribution in [0.15, 0.2) is 18.2 Å². The van der Waals surface area contributed by atoms with Gasteiger partial charge in [-0.1, -0.05) is 0 Å². The van der Waals surface area contributed by atoms with Crippen molar-refractivity contribution in [3.05, 3.63) is 23.8 Å². The molecule has 1 saturated carbocycles. The first-order chi connectivity index (χ1) is 13.5. The van der Waals surface area contributed by atoms with Crippen molar-refractivity contribution in [2.75, 3.05) is 56.5 Å². The Morgan fingerprint density at radius 2 is 1.89 bits per heavy atom. The van der Waals surface area contributed by atoms with E-state index in [0.29, 0.717) is 19.0 Å². The summed E-state index contributed by atoms with van der Waals surface area (Å²) in [6.07, 6.45) is 2.82. The Labute approximate surface area is 167 Å². The van der Waals surface area contributed by atoms with Crippen LogP contribution in [0.2, 0.25) is 0 Å². The molecule has 3 aliphatic rings. The van der Waals surface area contributed by atoms with Crippen molar-refractivity contribution < 1.29 is 9.59 Å². The molecule has 0 radical (unpaired) electrons. The quantitative estimate of drug-likeness (QED) is 0.812. The molecule has 2 aliphatic heterocycles. The van der Waals surface area contributed by atoms with Crippen molar-refractivity contribution >= 4 is 23.3 Å². The van der Waals surface area contributed by atoms with Gasteiger partial charge in [0.25, 0.3) is 0 Å². The van der Waals surface area contributed by atoms with E-state index < -0.39 is 0 Å². The van der Waals surface area contributed by atoms with Gasteiger partial charge in [-0.15, -0.1) is 0 Å². The molecule has 1 aliphatic carbocycles. The molecule has 2 saturated heterocycles. The number of anilines is 2. The molecule has 4 rings (SSSR count). The number of aryl methyl sites for hydroxylation is 1. The number of hydrogen-bond acceptors (Lipinski definition) is 4. The zero-order chi connectivity index (χ0) is 19.7. The van der Waals surface area contributed by atoms with E-state index in [9.17, 15) is 9.59 Å². The van der Waals surface area contributed by atoms with Gasteiger partial charge in [0, 0.05) is 69.0 Å². The number of hydrogen-bond donors (Lipinski definition) is 2. The molecule has 1 aromatic rings. The van der Waals surface area contributed by atoms with Crippen LogP contribution in [0.5, 0.6) is 0 Å². The topological polar surface area (TPSA) is 67.9 Å². The fourth-order valence-corrected chi connectivity index (χ4v) is 4.18. The Morgan fingerprint density at radius 3 is 2.61 bits per heavy atom. The minimum atomic E-state index is -0.202. The standard InChI is InChI=1S/C21H31N5O2/c1-15-9-17(12-19(10-15)25-7-5-24(2)6-8-25)23-21(28)22-13-16-11-20(27)26(14-16)18-3-4-18/h9-10,12,16,18H,3-8,11,13-14H2,1-2H3,(H2,22,23,28)/t16-/m0/s1. The number of carbonyl (C=O) groups is 2. The second kappa shape index (κ2) is 7.99. The van der Waals surface area contributed by atoms with Gasteiger partial charge < -0.3 is 25.3 Å². The van der Waals surface area contributed by atoms with E-state index >= 15 is 0 Å². The van der Waals surface area contributed by atoms with Gasteiger partial charge in [0.2, 0.25) is 5.91 Å². The smallest absolute Gasteiger partial charge is 0.319 e. The maximum Gasteiger partial charge on any atom is 0.319 e. The van der Waals surface area contributed by atoms with Gasteiger partial charge in [0.05, 0.1) is 0 Å². The normalized spacial score (nSPS) is 23.2. The molecule has 2 heterocycles. The van der Waals surface area contributed by atoms with Gasteiger partial charge >= 0.3 is 6.03 Å². The van der Waals surface area contributed by atoms with E-state index in [4.69, 9.17) is 0 Å². The summed E-state index contributed by atoms with van der Waals surface area (Å²) in [5.41, 5.74) is 3.10. The molecule has 3 amide bonds. The van der Waals surface area contributed by atoms with E-state index in [-0.39, 0.29) is 17.9 Å². The zero-order valence-corrected chi connectivity index (χ0v) is 16.9. The second-order valence-electron chi connectivity index (χ2n) is 8.53. The highest BCUT2D eigenvalue weighted by atomic mass is 16.2. The van der Waals surface area contributed by atoms with Crippen molar-refractivity contribution in [1.29, 1.82) is 0 Å². The Balaban J connectivity index is 1.30. The highest BCUT2D eigenvalue weighted by Gasteiger charge is 2.39. The first-order valence-electron chi connectivity index (χ1n) is 10.4. The van der Waals surface area contributed by atoms with Gasteiger partial charge in [0.15, 0.2) is 0 Å². The van der Waals surface area contributed by atoms with Gasteiger partial charge in [0.1, 0.15) is 0 Å². The van der Waals surface area contributed by atoms with E-state index in [1.54, 1.807) is 0 Å². The summed E-state index contributed by atoms with van der Waals surface area (Å²) in [4.78, 5) is 31.1. The SMILES string of the molecule is Cc1cc(NC(=O)NC[C@@H]2CC(=O)N(C3CC3)C2)cc(N2CCN(C)CC2)c1. The average molecular weight is 386 g/mol. The lowest BCUT2D eigenvalue weighted by Gasteiger charge is -2.34. The third-order valence-corrected chi connectivity index (χ3v) is 5.97. The van der Waals surface area contributed by atoms with Crippen LogP contribution < -0.4 is 15.5 Å². The molecule has 7 heteroatoms. The summed E-state index contributed by atoms with van der Waals surface area (Å²) < 4.78 is 0. The first-order valence-corrected chi connectivity index (χ1v) is 10.4. The molecule has 3 fully saturated rings. The Morgan fingerprint density at radius 1 is 1.14 bits per heavy atom. The van der Waals surface area contributed by atoms with Crippen LogP contribution in [0.1, 0.15) is 24.8 Å². The lowest BCUT2D eigenvalue weighted by molar-refractivity contribution is -0.128. The number of carbonyl (C=O) groups excluding carboxylic acids is 2. The fraction of sp³-hybridized carbons (Fsp3) is 0.619. The molecular formula is C21H31N5O2. The number of nitrogens with zero attached hydrogens (tertiary/aromatic N) is 3. The predicted octanol–water partition coefficient (Wildman–Crippen LogP) is 1.88. The van der Waals surface area contributed by atoms with Gasteiger partial charge in [-0.05, 0) is 50.6 Å². The van der Waals surface area contributed by atoms with Crippen LogP contribution in [0.3, 0.4) is 0 Å². The summed E-state index contributed by atoms with van der Waals surface area (Å²) in [5.74, 6) is 0.461. The third-order valence-electron chi connectivity index (χ3n) is 5.97. The number of likely N-dealkylation sites (N-methyl/N-ethyl adjacent to an activating group) is 1. The summed E-state index contributed by atoms with van der Waals surface area (Å²) in [6, 6.07) is 6.48. The summed E-state index contributed by atoms with van der Waals surface area (Å²) >= 11 is 0. The van der Waals surface area contributed by atoms with E-state index in [0.717, 1.165) is 62.5 Å². The van der Waals surface area contributed by atoms with Gasteiger partial charge in [-0.25, -0.2) is 4.79 Å². The largest absolute Gasteiger partial charge is 0.369 e. The maximum atomic E-state index is 12.4. The Hall–Kier alpha value is -2.28. The molecule has 0 unspecified atom stereocenters. The summed E-state index contributed by atoms with van der Waals surface area (Å²) in [5, 5.41) is 5.92. The number of urea groups is 1. The van der Waals surface area contributed by atoms with E-state index in [1.165, 1.54) is 0 Å². The number of amides is 3. The minimum absolute atomic E-state index is 0.202. The van der Waals surface area contributed by atoms with Crippen molar-refractivity contribution in [3.8, 4) is 0 Å². The molecule has 1 atom stereocenters. The monoisotopic (exact) mass is 385 g/mol. The van der Waals surface area contributed by atoms with Crippen LogP contribution in [-0.4, -0.2) is 74.1 Å². The lowest BCUT2D eigenvalue weighted by atomic mass is 10.1. The first kappa shape index (κ1) is 19.1. The van der Waals surface area contributed by atoms with Crippen molar-refractivity contribution in [2.45, 2.75) is 32.2 Å². The molecular weight excluding hydrogens is 354 g/mol. The predicted molar refractivity (Wildman–Crippen MR) is 111 cm³/mol. The van der Waals surface area contributed by atoms with Crippen LogP contribution in [0.25, 0.3) is 0 Å². The molecule has 28 heavy (non-hydrogen) atoms. The molecule has 0 aromatic heterocycles. The Kier molecular flexibility index (Phi) is 5.44. The number of piperazine rings is 1. The van der Waals surface area contributed by atoms with E-state index in [2.05, 4.69) is 40.5 Å². The second-order valence-corrected chi connectivity index (χ2v) is 8.53. The zero-order valence-electron chi connectivity index (χ0n) is 16.9. The summed E-state index contributed by atoms with van der Waals surface area (Å²) in [7, 11) is 2.15. The van der Waals surface area contributed by atoms with E-state index in [1.807, 2.05) is 17.0 Å². The number of nitrogens with one attached hydrogen (secondary N) is 2. The highest BCUT2D eigenvalue weighted by molar-refractivity contribution is 5.90. The van der Waals surface area contributed by atoms with Gasteiger partial charge in [-0.3, -0.25) is 4.79 Å². The minimum Gasteiger partial charge on any atom is -0.369 e. The Bertz CT molecular complexity index is 740. The lowest BCUT2D eigenvalue weighted by Crippen LogP contribution is -2.44. The molecule has 152 valence electrons. The number of likely N-dealkylation sites (tertiary alicyclic amines) is 1. The number of rotatable bonds is 5. The summed E-state index contributed by atoms with van der Waals surface area (Å²) in [6.45, 7) is 7.47. The van der Waals surface area contributed by atoms with Crippen LogP contribution in [-0.2, 0) is 4.79 Å². The average Bonchev–Trinajstić information content (AvgIpc) is 3.43. The van der Waals surface area contributed by atoms with Crippen molar-refractivity contribution in [3.63, 3.8) is 0 Å². The van der Waals surface area contributed by atoms with Crippen molar-refractivity contribution in [2.24, 2.45) is 5.92 Å². The molecule has 0 bridgehead atoms. The molecule has 1 aromatic carbocycles. The molecule has 2 N–H and O–H groups in total. The third kappa shape index (κ3) is 4.58. The fourth-order valence-electron chi connectivity index (χ4n) is 4.18. The highest BCUT2D eigenvalue weighted by Crippen LogP contribution is 2.32. The van der Waals surface area contributed by atoms with Crippen LogP contribution >= 0.6 is 0 Å². The van der Waals surface area contributed by atoms with Crippen LogP contribution in [0, 0.1) is 12.8 Å². The molecule has 0 spiro atoms. The maximum absolute atomic E-state index is 12.4.